The summed E-state index contributed by atoms with van der Waals surface area (Å²) in [5.41, 5.74) is 0.910. The van der Waals surface area contributed by atoms with Gasteiger partial charge in [0.15, 0.2) is 0 Å². The molecule has 0 spiro atoms. The number of aromatic nitrogens is 2. The molecule has 15 heteroatoms. The number of fused-ring (bicyclic) bond motifs is 1. The van der Waals surface area contributed by atoms with E-state index >= 15 is 0 Å². The van der Waals surface area contributed by atoms with Gasteiger partial charge < -0.3 is 29.5 Å². The van der Waals surface area contributed by atoms with Crippen LogP contribution < -0.4 is 24.6 Å². The first-order valence-electron chi connectivity index (χ1n) is 16.7. The van der Waals surface area contributed by atoms with Crippen LogP contribution in [-0.2, 0) is 16.1 Å². The molecule has 4 amide bonds. The van der Waals surface area contributed by atoms with E-state index in [1.54, 1.807) is 19.3 Å². The lowest BCUT2D eigenvalue weighted by Gasteiger charge is -2.35. The molecule has 5 rings (SSSR count). The minimum absolute atomic E-state index is 0.0871. The minimum atomic E-state index is -0.414. The maximum Gasteiger partial charge on any atom is 0.330 e. The molecule has 3 aliphatic heterocycles. The van der Waals surface area contributed by atoms with Gasteiger partial charge >= 0.3 is 6.03 Å². The second-order valence-corrected chi connectivity index (χ2v) is 13.6. The Kier molecular flexibility index (Phi) is 11.8. The summed E-state index contributed by atoms with van der Waals surface area (Å²) in [7, 11) is 6.59. The molecular weight excluding hydrogens is 671 g/mol. The number of halogens is 2. The van der Waals surface area contributed by atoms with Gasteiger partial charge in [0, 0.05) is 51.1 Å². The van der Waals surface area contributed by atoms with Gasteiger partial charge in [-0.05, 0) is 38.9 Å². The Labute approximate surface area is 298 Å². The van der Waals surface area contributed by atoms with E-state index < -0.39 is 6.03 Å². The van der Waals surface area contributed by atoms with E-state index in [-0.39, 0.29) is 58.0 Å². The highest BCUT2D eigenvalue weighted by Gasteiger charge is 2.43. The molecule has 0 aliphatic carbocycles. The third-order valence-electron chi connectivity index (χ3n) is 9.58. The third kappa shape index (κ3) is 7.53. The summed E-state index contributed by atoms with van der Waals surface area (Å²) in [5, 5.41) is 3.77. The number of nitrogens with one attached hydrogen (secondary N) is 1. The van der Waals surface area contributed by atoms with E-state index in [4.69, 9.17) is 37.7 Å². The highest BCUT2D eigenvalue weighted by atomic mass is 35.5. The molecular formula is C34H46Cl2N8O5. The van der Waals surface area contributed by atoms with Gasteiger partial charge in [-0.25, -0.2) is 9.78 Å². The summed E-state index contributed by atoms with van der Waals surface area (Å²) in [6, 6.07) is 0.474. The molecule has 1 aromatic heterocycles. The Morgan fingerprint density at radius 2 is 1.84 bits per heavy atom. The van der Waals surface area contributed by atoms with Gasteiger partial charge in [-0.2, -0.15) is 4.98 Å². The number of rotatable bonds is 12. The van der Waals surface area contributed by atoms with E-state index in [0.717, 1.165) is 38.6 Å². The summed E-state index contributed by atoms with van der Waals surface area (Å²) >= 11 is 13.3. The lowest BCUT2D eigenvalue weighted by atomic mass is 9.97. The van der Waals surface area contributed by atoms with Crippen molar-refractivity contribution in [3.8, 4) is 11.5 Å². The minimum Gasteiger partial charge on any atom is -0.495 e. The largest absolute Gasteiger partial charge is 0.495 e. The Morgan fingerprint density at radius 3 is 2.47 bits per heavy atom. The molecule has 1 aromatic carbocycles. The molecule has 3 atom stereocenters. The van der Waals surface area contributed by atoms with Crippen molar-refractivity contribution in [2.24, 2.45) is 5.92 Å². The Balaban J connectivity index is 1.43. The van der Waals surface area contributed by atoms with Crippen LogP contribution in [0.4, 0.5) is 22.2 Å². The number of unbranched alkanes of at least 4 members (excludes halogenated alkanes) is 2. The van der Waals surface area contributed by atoms with Crippen molar-refractivity contribution >= 4 is 58.5 Å². The number of ether oxygens (including phenoxy) is 2. The number of carbonyl (C=O) groups is 3. The molecule has 2 aromatic rings. The molecule has 1 N–H and O–H groups in total. The van der Waals surface area contributed by atoms with Crippen LogP contribution in [0.2, 0.25) is 10.0 Å². The summed E-state index contributed by atoms with van der Waals surface area (Å²) in [5.74, 6) is 1.15. The fourth-order valence-corrected chi connectivity index (χ4v) is 7.67. The maximum absolute atomic E-state index is 13.8. The lowest BCUT2D eigenvalue weighted by molar-refractivity contribution is -0.137. The van der Waals surface area contributed by atoms with Crippen LogP contribution in [0, 0.1) is 5.92 Å². The molecule has 3 unspecified atom stereocenters. The molecule has 13 nitrogen and oxygen atoms in total. The lowest BCUT2D eigenvalue weighted by Crippen LogP contribution is -2.49. The van der Waals surface area contributed by atoms with Crippen molar-refractivity contribution in [3.05, 3.63) is 40.5 Å². The van der Waals surface area contributed by atoms with Crippen molar-refractivity contribution in [2.45, 2.75) is 57.7 Å². The van der Waals surface area contributed by atoms with Crippen LogP contribution in [0.25, 0.3) is 0 Å². The molecule has 0 radical (unpaired) electrons. The van der Waals surface area contributed by atoms with Crippen LogP contribution in [0.15, 0.2) is 24.9 Å². The fourth-order valence-electron chi connectivity index (χ4n) is 6.97. The molecule has 0 bridgehead atoms. The van der Waals surface area contributed by atoms with Crippen LogP contribution in [0.1, 0.15) is 44.6 Å². The van der Waals surface area contributed by atoms with Crippen molar-refractivity contribution in [3.63, 3.8) is 0 Å². The zero-order valence-electron chi connectivity index (χ0n) is 28.9. The van der Waals surface area contributed by atoms with Gasteiger partial charge in [0.25, 0.3) is 0 Å². The Morgan fingerprint density at radius 1 is 1.12 bits per heavy atom. The van der Waals surface area contributed by atoms with E-state index in [0.29, 0.717) is 49.1 Å². The molecule has 2 fully saturated rings. The Hall–Kier alpha value is -3.81. The van der Waals surface area contributed by atoms with E-state index in [1.165, 1.54) is 30.1 Å². The molecule has 266 valence electrons. The quantitative estimate of drug-likeness (QED) is 0.241. The molecule has 3 aliphatic rings. The number of benzene rings is 1. The van der Waals surface area contributed by atoms with Gasteiger partial charge in [-0.1, -0.05) is 49.5 Å². The monoisotopic (exact) mass is 716 g/mol. The predicted molar refractivity (Wildman–Crippen MR) is 191 cm³/mol. The normalized spacial score (nSPS) is 21.0. The first-order valence-corrected chi connectivity index (χ1v) is 17.5. The first-order chi connectivity index (χ1) is 23.5. The van der Waals surface area contributed by atoms with Crippen molar-refractivity contribution in [1.82, 2.24) is 24.7 Å². The molecule has 0 saturated carbocycles. The van der Waals surface area contributed by atoms with Gasteiger partial charge in [0.05, 0.1) is 44.5 Å². The maximum atomic E-state index is 13.8. The number of hydrogen-bond donors (Lipinski definition) is 1. The number of amides is 4. The Bertz CT molecular complexity index is 1550. The molecule has 49 heavy (non-hydrogen) atoms. The van der Waals surface area contributed by atoms with E-state index in [1.807, 2.05) is 16.8 Å². The topological polar surface area (TPSA) is 124 Å². The van der Waals surface area contributed by atoms with Crippen LogP contribution in [-0.4, -0.2) is 116 Å². The van der Waals surface area contributed by atoms with Crippen molar-refractivity contribution < 1.29 is 23.9 Å². The highest BCUT2D eigenvalue weighted by Crippen LogP contribution is 2.47. The van der Waals surface area contributed by atoms with Crippen molar-refractivity contribution in [1.29, 1.82) is 0 Å². The summed E-state index contributed by atoms with van der Waals surface area (Å²) in [6.45, 7) is 8.99. The van der Waals surface area contributed by atoms with Gasteiger partial charge in [-0.15, -0.1) is 0 Å². The van der Waals surface area contributed by atoms with Gasteiger partial charge in [-0.3, -0.25) is 19.4 Å². The summed E-state index contributed by atoms with van der Waals surface area (Å²) in [6.07, 6.45) is 7.64. The summed E-state index contributed by atoms with van der Waals surface area (Å²) in [4.78, 5) is 58.9. The highest BCUT2D eigenvalue weighted by molar-refractivity contribution is 6.42. The number of nitrogens with zero attached hydrogens (tertiary/aromatic N) is 7. The zero-order valence-corrected chi connectivity index (χ0v) is 30.4. The van der Waals surface area contributed by atoms with Gasteiger partial charge in [0.1, 0.15) is 27.4 Å². The molecule has 2 saturated heterocycles. The van der Waals surface area contributed by atoms with Crippen LogP contribution >= 0.6 is 23.2 Å². The summed E-state index contributed by atoms with van der Waals surface area (Å²) < 4.78 is 10.8. The number of methoxy groups -OCH3 is 2. The zero-order chi connectivity index (χ0) is 35.4. The third-order valence-corrected chi connectivity index (χ3v) is 10.3. The number of likely N-dealkylation sites (tertiary alicyclic amines) is 2. The van der Waals surface area contributed by atoms with Crippen LogP contribution in [0.5, 0.6) is 11.5 Å². The second-order valence-electron chi connectivity index (χ2n) is 12.8. The second kappa shape index (κ2) is 15.8. The average molecular weight is 718 g/mol. The number of carbonyl (C=O) groups excluding carboxylic acids is 3. The predicted octanol–water partition coefficient (Wildman–Crippen LogP) is 4.91. The number of hydrogen-bond acceptors (Lipinski definition) is 9. The first kappa shape index (κ1) is 36.5. The fraction of sp³-hybridized carbons (Fsp3) is 0.559. The van der Waals surface area contributed by atoms with Crippen molar-refractivity contribution in [2.75, 3.05) is 76.2 Å². The van der Waals surface area contributed by atoms with E-state index in [2.05, 4.69) is 28.7 Å². The number of piperidine rings is 1. The standard InChI is InChI=1S/C34H46Cl2N8O5/c1-7-9-10-14-43(27(45)8-2)24-20-42(32(46)21-12-11-13-40(3)17-21)19-23(24)38-33-37-16-22-18-44(34(47)41(4)31(22)39-33)30-28(35)25(48-5)15-26(49-6)29(30)36/h8,15-16,21,23-24H,2,7,9-14,17-20H2,1,3-6H3,(H,37,38,39). The average Bonchev–Trinajstić information content (AvgIpc) is 3.51. The SMILES string of the molecule is C=CC(=O)N(CCCCC)C1CN(C(=O)C2CCCN(C)C2)CC1Nc1ncc2c(n1)N(C)C(=O)N(c1c(Cl)c(OC)cc(OC)c1Cl)C2. The van der Waals surface area contributed by atoms with Gasteiger partial charge in [0.2, 0.25) is 17.8 Å². The van der Waals surface area contributed by atoms with Crippen LogP contribution in [0.3, 0.4) is 0 Å². The van der Waals surface area contributed by atoms with E-state index in [9.17, 15) is 14.4 Å². The smallest absolute Gasteiger partial charge is 0.330 e. The molecule has 4 heterocycles. The number of urea groups is 1. The number of anilines is 3.